The highest BCUT2D eigenvalue weighted by molar-refractivity contribution is 5.10. The average molecular weight is 260 g/mol. The van der Waals surface area contributed by atoms with Gasteiger partial charge in [0.2, 0.25) is 0 Å². The van der Waals surface area contributed by atoms with Crippen LogP contribution in [0, 0.1) is 12.3 Å². The van der Waals surface area contributed by atoms with Gasteiger partial charge in [0.25, 0.3) is 0 Å². The normalized spacial score (nSPS) is 32.0. The number of rotatable bonds is 2. The van der Waals surface area contributed by atoms with Crippen molar-refractivity contribution in [3.8, 4) is 0 Å². The van der Waals surface area contributed by atoms with Crippen molar-refractivity contribution in [2.24, 2.45) is 5.41 Å². The predicted octanol–water partition coefficient (Wildman–Crippen LogP) is 2.52. The van der Waals surface area contributed by atoms with Crippen molar-refractivity contribution >= 4 is 0 Å². The minimum atomic E-state index is -0.0826. The smallest absolute Gasteiger partial charge is 0.0608 e. The standard InChI is InChI=1S/C16H24N2O/c1-13-5-2-6-14(17-13)11-18-10-4-9-16(12-18)8-3-7-15(16)19/h2,5-6,15,19H,3-4,7-12H2,1H3/t15-,16+/m1/s1. The van der Waals surface area contributed by atoms with Crippen LogP contribution in [-0.2, 0) is 6.54 Å². The number of likely N-dealkylation sites (tertiary alicyclic amines) is 1. The molecule has 2 fully saturated rings. The highest BCUT2D eigenvalue weighted by atomic mass is 16.3. The van der Waals surface area contributed by atoms with Gasteiger partial charge in [0.1, 0.15) is 0 Å². The van der Waals surface area contributed by atoms with Gasteiger partial charge in [0.05, 0.1) is 11.8 Å². The molecule has 19 heavy (non-hydrogen) atoms. The van der Waals surface area contributed by atoms with Crippen LogP contribution in [0.4, 0.5) is 0 Å². The molecule has 3 heteroatoms. The Morgan fingerprint density at radius 2 is 2.21 bits per heavy atom. The Morgan fingerprint density at radius 3 is 2.95 bits per heavy atom. The van der Waals surface area contributed by atoms with Gasteiger partial charge in [-0.3, -0.25) is 9.88 Å². The molecule has 3 nitrogen and oxygen atoms in total. The molecule has 0 aromatic carbocycles. The number of pyridine rings is 1. The summed E-state index contributed by atoms with van der Waals surface area (Å²) < 4.78 is 0. The fourth-order valence-corrected chi connectivity index (χ4v) is 3.91. The number of piperidine rings is 1. The SMILES string of the molecule is Cc1cccc(CN2CCC[C@@]3(CCC[C@H]3O)C2)n1. The number of aromatic nitrogens is 1. The van der Waals surface area contributed by atoms with Gasteiger partial charge in [-0.15, -0.1) is 0 Å². The lowest BCUT2D eigenvalue weighted by atomic mass is 9.76. The molecule has 0 unspecified atom stereocenters. The maximum atomic E-state index is 10.3. The summed E-state index contributed by atoms with van der Waals surface area (Å²) in [6, 6.07) is 6.24. The van der Waals surface area contributed by atoms with E-state index in [0.29, 0.717) is 0 Å². The quantitative estimate of drug-likeness (QED) is 0.887. The molecule has 1 spiro atoms. The Bertz CT molecular complexity index is 448. The zero-order valence-electron chi connectivity index (χ0n) is 11.8. The Balaban J connectivity index is 1.69. The molecule has 2 atom stereocenters. The average Bonchev–Trinajstić information content (AvgIpc) is 2.71. The summed E-state index contributed by atoms with van der Waals surface area (Å²) in [6.45, 7) is 5.16. The fourth-order valence-electron chi connectivity index (χ4n) is 3.91. The van der Waals surface area contributed by atoms with E-state index in [9.17, 15) is 5.11 Å². The maximum absolute atomic E-state index is 10.3. The molecule has 0 radical (unpaired) electrons. The molecular weight excluding hydrogens is 236 g/mol. The first-order valence-corrected chi connectivity index (χ1v) is 7.51. The van der Waals surface area contributed by atoms with Crippen molar-refractivity contribution in [1.82, 2.24) is 9.88 Å². The molecule has 1 saturated heterocycles. The van der Waals surface area contributed by atoms with E-state index < -0.39 is 0 Å². The Labute approximate surface area is 115 Å². The minimum Gasteiger partial charge on any atom is -0.393 e. The Morgan fingerprint density at radius 1 is 1.37 bits per heavy atom. The number of nitrogens with zero attached hydrogens (tertiary/aromatic N) is 2. The summed E-state index contributed by atoms with van der Waals surface area (Å²) in [7, 11) is 0. The van der Waals surface area contributed by atoms with Gasteiger partial charge in [0, 0.05) is 24.2 Å². The molecule has 1 aromatic rings. The first kappa shape index (κ1) is 13.1. The van der Waals surface area contributed by atoms with Crippen molar-refractivity contribution in [3.63, 3.8) is 0 Å². The molecular formula is C16H24N2O. The van der Waals surface area contributed by atoms with E-state index in [1.54, 1.807) is 0 Å². The zero-order chi connectivity index (χ0) is 13.3. The molecule has 0 bridgehead atoms. The lowest BCUT2D eigenvalue weighted by molar-refractivity contribution is -0.0123. The number of aliphatic hydroxyl groups excluding tert-OH is 1. The third-order valence-corrected chi connectivity index (χ3v) is 4.88. The second-order valence-electron chi connectivity index (χ2n) is 6.35. The van der Waals surface area contributed by atoms with E-state index in [1.807, 2.05) is 13.0 Å². The molecule has 1 aliphatic heterocycles. The number of hydrogen-bond donors (Lipinski definition) is 1. The first-order valence-electron chi connectivity index (χ1n) is 7.51. The zero-order valence-corrected chi connectivity index (χ0v) is 11.8. The van der Waals surface area contributed by atoms with Crippen LogP contribution in [-0.4, -0.2) is 34.2 Å². The van der Waals surface area contributed by atoms with Crippen LogP contribution in [0.3, 0.4) is 0 Å². The third kappa shape index (κ3) is 2.67. The van der Waals surface area contributed by atoms with Gasteiger partial charge in [0.15, 0.2) is 0 Å². The second-order valence-corrected chi connectivity index (χ2v) is 6.35. The van der Waals surface area contributed by atoms with E-state index in [-0.39, 0.29) is 11.5 Å². The van der Waals surface area contributed by atoms with Gasteiger partial charge in [-0.05, 0) is 51.3 Å². The van der Waals surface area contributed by atoms with Crippen molar-refractivity contribution in [3.05, 3.63) is 29.6 Å². The number of hydrogen-bond acceptors (Lipinski definition) is 3. The van der Waals surface area contributed by atoms with Crippen molar-refractivity contribution < 1.29 is 5.11 Å². The van der Waals surface area contributed by atoms with Crippen molar-refractivity contribution in [2.45, 2.75) is 51.7 Å². The first-order chi connectivity index (χ1) is 9.18. The summed E-state index contributed by atoms with van der Waals surface area (Å²) in [5.41, 5.74) is 2.43. The van der Waals surface area contributed by atoms with Crippen LogP contribution in [0.2, 0.25) is 0 Å². The van der Waals surface area contributed by atoms with Crippen LogP contribution >= 0.6 is 0 Å². The molecule has 104 valence electrons. The van der Waals surface area contributed by atoms with Crippen LogP contribution in [0.25, 0.3) is 0 Å². The summed E-state index contributed by atoms with van der Waals surface area (Å²) in [5, 5.41) is 10.3. The van der Waals surface area contributed by atoms with Gasteiger partial charge in [-0.25, -0.2) is 0 Å². The monoisotopic (exact) mass is 260 g/mol. The van der Waals surface area contributed by atoms with E-state index >= 15 is 0 Å². The molecule has 1 saturated carbocycles. The maximum Gasteiger partial charge on any atom is 0.0608 e. The van der Waals surface area contributed by atoms with Crippen LogP contribution in [0.5, 0.6) is 0 Å². The molecule has 1 N–H and O–H groups in total. The molecule has 1 aliphatic carbocycles. The molecule has 3 rings (SSSR count). The van der Waals surface area contributed by atoms with E-state index in [1.165, 1.54) is 25.7 Å². The Kier molecular flexibility index (Phi) is 3.59. The lowest BCUT2D eigenvalue weighted by Crippen LogP contribution is -2.46. The molecule has 2 heterocycles. The van der Waals surface area contributed by atoms with E-state index in [2.05, 4.69) is 22.0 Å². The third-order valence-electron chi connectivity index (χ3n) is 4.88. The van der Waals surface area contributed by atoms with Gasteiger partial charge >= 0.3 is 0 Å². The highest BCUT2D eigenvalue weighted by Crippen LogP contribution is 2.45. The van der Waals surface area contributed by atoms with Gasteiger partial charge < -0.3 is 5.11 Å². The summed E-state index contributed by atoms with van der Waals surface area (Å²) in [6.07, 6.45) is 5.72. The lowest BCUT2D eigenvalue weighted by Gasteiger charge is -2.42. The fraction of sp³-hybridized carbons (Fsp3) is 0.688. The summed E-state index contributed by atoms with van der Waals surface area (Å²) in [5.74, 6) is 0. The van der Waals surface area contributed by atoms with Crippen molar-refractivity contribution in [2.75, 3.05) is 13.1 Å². The summed E-state index contributed by atoms with van der Waals surface area (Å²) in [4.78, 5) is 7.08. The van der Waals surface area contributed by atoms with Gasteiger partial charge in [-0.2, -0.15) is 0 Å². The number of aryl methyl sites for hydroxylation is 1. The van der Waals surface area contributed by atoms with Crippen LogP contribution in [0.1, 0.15) is 43.5 Å². The Hall–Kier alpha value is -0.930. The second kappa shape index (κ2) is 5.22. The largest absolute Gasteiger partial charge is 0.393 e. The molecule has 0 amide bonds. The number of aliphatic hydroxyl groups is 1. The van der Waals surface area contributed by atoms with E-state index in [4.69, 9.17) is 0 Å². The minimum absolute atomic E-state index is 0.0826. The molecule has 2 aliphatic rings. The van der Waals surface area contributed by atoms with Crippen molar-refractivity contribution in [1.29, 1.82) is 0 Å². The van der Waals surface area contributed by atoms with Crippen LogP contribution in [0.15, 0.2) is 18.2 Å². The summed E-state index contributed by atoms with van der Waals surface area (Å²) >= 11 is 0. The highest BCUT2D eigenvalue weighted by Gasteiger charge is 2.44. The van der Waals surface area contributed by atoms with Crippen LogP contribution < -0.4 is 0 Å². The topological polar surface area (TPSA) is 36.4 Å². The molecule has 1 aromatic heterocycles. The predicted molar refractivity (Wildman–Crippen MR) is 75.8 cm³/mol. The van der Waals surface area contributed by atoms with Gasteiger partial charge in [-0.1, -0.05) is 12.5 Å². The van der Waals surface area contributed by atoms with E-state index in [0.717, 1.165) is 37.4 Å².